The zero-order chi connectivity index (χ0) is 15.3. The van der Waals surface area contributed by atoms with Crippen molar-refractivity contribution in [2.75, 3.05) is 13.2 Å². The topological polar surface area (TPSA) is 82.2 Å². The van der Waals surface area contributed by atoms with Gasteiger partial charge in [-0.2, -0.15) is 0 Å². The van der Waals surface area contributed by atoms with Gasteiger partial charge in [-0.1, -0.05) is 13.8 Å². The second-order valence-electron chi connectivity index (χ2n) is 5.39. The van der Waals surface area contributed by atoms with E-state index in [0.717, 1.165) is 18.5 Å². The molecule has 0 fully saturated rings. The highest BCUT2D eigenvalue weighted by atomic mass is 16.3. The predicted molar refractivity (Wildman–Crippen MR) is 79.0 cm³/mol. The molecule has 112 valence electrons. The SMILES string of the molecule is CCC(CC)(CO)CNC(=O)c1c(C)cc(C)[nH]c1=O. The Morgan fingerprint density at radius 2 is 1.95 bits per heavy atom. The standard InChI is InChI=1S/C15H24N2O3/c1-5-15(6-2,9-18)8-16-13(19)12-10(3)7-11(4)17-14(12)20/h7,18H,5-6,8-9H2,1-4H3,(H,16,19)(H,17,20). The van der Waals surface area contributed by atoms with E-state index in [1.165, 1.54) is 0 Å². The minimum atomic E-state index is -0.386. The smallest absolute Gasteiger partial charge is 0.261 e. The fourth-order valence-corrected chi connectivity index (χ4v) is 2.27. The second-order valence-corrected chi connectivity index (χ2v) is 5.39. The van der Waals surface area contributed by atoms with Gasteiger partial charge in [-0.05, 0) is 38.3 Å². The molecule has 0 spiro atoms. The van der Waals surface area contributed by atoms with Gasteiger partial charge in [0, 0.05) is 17.7 Å². The van der Waals surface area contributed by atoms with Crippen LogP contribution >= 0.6 is 0 Å². The van der Waals surface area contributed by atoms with Crippen LogP contribution in [0.5, 0.6) is 0 Å². The molecule has 5 nitrogen and oxygen atoms in total. The number of aryl methyl sites for hydroxylation is 2. The van der Waals surface area contributed by atoms with Crippen LogP contribution in [0.2, 0.25) is 0 Å². The van der Waals surface area contributed by atoms with E-state index in [9.17, 15) is 14.7 Å². The third kappa shape index (κ3) is 3.48. The minimum absolute atomic E-state index is 0.0174. The molecule has 1 heterocycles. The Kier molecular flexibility index (Phi) is 5.51. The molecule has 5 heteroatoms. The number of H-pyrrole nitrogens is 1. The Bertz CT molecular complexity index is 522. The van der Waals surface area contributed by atoms with E-state index in [4.69, 9.17) is 0 Å². The molecule has 0 unspecified atom stereocenters. The normalized spacial score (nSPS) is 11.4. The number of rotatable bonds is 6. The van der Waals surface area contributed by atoms with E-state index >= 15 is 0 Å². The summed E-state index contributed by atoms with van der Waals surface area (Å²) < 4.78 is 0. The largest absolute Gasteiger partial charge is 0.396 e. The molecule has 1 aromatic heterocycles. The van der Waals surface area contributed by atoms with Gasteiger partial charge in [0.2, 0.25) is 0 Å². The van der Waals surface area contributed by atoms with Crippen molar-refractivity contribution in [3.05, 3.63) is 33.2 Å². The molecule has 0 atom stereocenters. The molecule has 0 saturated carbocycles. The van der Waals surface area contributed by atoms with Crippen molar-refractivity contribution in [2.24, 2.45) is 5.41 Å². The van der Waals surface area contributed by atoms with Crippen molar-refractivity contribution >= 4 is 5.91 Å². The molecule has 1 rings (SSSR count). The van der Waals surface area contributed by atoms with Crippen LogP contribution in [0.25, 0.3) is 0 Å². The van der Waals surface area contributed by atoms with Gasteiger partial charge in [0.15, 0.2) is 0 Å². The van der Waals surface area contributed by atoms with Gasteiger partial charge in [0.25, 0.3) is 11.5 Å². The molecule has 0 aliphatic carbocycles. The van der Waals surface area contributed by atoms with Crippen LogP contribution < -0.4 is 10.9 Å². The maximum atomic E-state index is 12.2. The summed E-state index contributed by atoms with van der Waals surface area (Å²) in [5.74, 6) is -0.386. The van der Waals surface area contributed by atoms with Gasteiger partial charge in [-0.3, -0.25) is 9.59 Å². The molecule has 0 saturated heterocycles. The van der Waals surface area contributed by atoms with Crippen molar-refractivity contribution < 1.29 is 9.90 Å². The summed E-state index contributed by atoms with van der Waals surface area (Å²) in [4.78, 5) is 26.7. The first-order valence-electron chi connectivity index (χ1n) is 6.98. The zero-order valence-corrected chi connectivity index (χ0v) is 12.7. The Labute approximate surface area is 119 Å². The van der Waals surface area contributed by atoms with Crippen LogP contribution in [0.3, 0.4) is 0 Å². The molecule has 20 heavy (non-hydrogen) atoms. The number of hydrogen-bond donors (Lipinski definition) is 3. The summed E-state index contributed by atoms with van der Waals surface area (Å²) in [5, 5.41) is 12.3. The number of nitrogens with one attached hydrogen (secondary N) is 2. The van der Waals surface area contributed by atoms with Crippen LogP contribution in [0.1, 0.15) is 48.3 Å². The van der Waals surface area contributed by atoms with Crippen LogP contribution in [-0.4, -0.2) is 29.1 Å². The molecule has 0 aliphatic rings. The zero-order valence-electron chi connectivity index (χ0n) is 12.7. The molecule has 1 aromatic rings. The van der Waals surface area contributed by atoms with E-state index < -0.39 is 0 Å². The first-order chi connectivity index (χ1) is 9.39. The third-order valence-corrected chi connectivity index (χ3v) is 4.05. The quantitative estimate of drug-likeness (QED) is 0.739. The summed E-state index contributed by atoms with van der Waals surface area (Å²) in [5.41, 5.74) is 0.848. The Balaban J connectivity index is 2.91. The van der Waals surface area contributed by atoms with E-state index in [1.54, 1.807) is 19.9 Å². The highest BCUT2D eigenvalue weighted by Gasteiger charge is 2.26. The maximum absolute atomic E-state index is 12.2. The van der Waals surface area contributed by atoms with Gasteiger partial charge in [-0.25, -0.2) is 0 Å². The summed E-state index contributed by atoms with van der Waals surface area (Å²) in [6.07, 6.45) is 1.53. The number of aromatic amines is 1. The van der Waals surface area contributed by atoms with Crippen molar-refractivity contribution in [2.45, 2.75) is 40.5 Å². The number of hydrogen-bond acceptors (Lipinski definition) is 3. The molecule has 0 aliphatic heterocycles. The van der Waals surface area contributed by atoms with Crippen molar-refractivity contribution in [3.63, 3.8) is 0 Å². The lowest BCUT2D eigenvalue weighted by Crippen LogP contribution is -2.41. The number of aliphatic hydroxyl groups excluding tert-OH is 1. The highest BCUT2D eigenvalue weighted by Crippen LogP contribution is 2.24. The van der Waals surface area contributed by atoms with Crippen molar-refractivity contribution in [1.82, 2.24) is 10.3 Å². The van der Waals surface area contributed by atoms with Gasteiger partial charge in [0.05, 0.1) is 6.61 Å². The summed E-state index contributed by atoms with van der Waals surface area (Å²) in [6, 6.07) is 1.77. The number of aromatic nitrogens is 1. The molecular weight excluding hydrogens is 256 g/mol. The van der Waals surface area contributed by atoms with E-state index in [-0.39, 0.29) is 29.1 Å². The Morgan fingerprint density at radius 1 is 1.35 bits per heavy atom. The fraction of sp³-hybridized carbons (Fsp3) is 0.600. The molecular formula is C15H24N2O3. The van der Waals surface area contributed by atoms with Crippen LogP contribution in [0, 0.1) is 19.3 Å². The van der Waals surface area contributed by atoms with Gasteiger partial charge in [0.1, 0.15) is 5.56 Å². The third-order valence-electron chi connectivity index (χ3n) is 4.05. The van der Waals surface area contributed by atoms with E-state index in [2.05, 4.69) is 10.3 Å². The van der Waals surface area contributed by atoms with Crippen LogP contribution in [-0.2, 0) is 0 Å². The number of aliphatic hydroxyl groups is 1. The first kappa shape index (κ1) is 16.4. The molecule has 0 aromatic carbocycles. The van der Waals surface area contributed by atoms with Gasteiger partial charge < -0.3 is 15.4 Å². The van der Waals surface area contributed by atoms with Crippen LogP contribution in [0.4, 0.5) is 0 Å². The second kappa shape index (κ2) is 6.70. The van der Waals surface area contributed by atoms with E-state index in [0.29, 0.717) is 12.1 Å². The fourth-order valence-electron chi connectivity index (χ4n) is 2.27. The number of pyridine rings is 1. The highest BCUT2D eigenvalue weighted by molar-refractivity contribution is 5.95. The molecule has 0 bridgehead atoms. The van der Waals surface area contributed by atoms with Gasteiger partial charge in [-0.15, -0.1) is 0 Å². The lowest BCUT2D eigenvalue weighted by molar-refractivity contribution is 0.0849. The number of carbonyl (C=O) groups is 1. The first-order valence-corrected chi connectivity index (χ1v) is 6.98. The Hall–Kier alpha value is -1.62. The van der Waals surface area contributed by atoms with Crippen LogP contribution in [0.15, 0.2) is 10.9 Å². The summed E-state index contributed by atoms with van der Waals surface area (Å²) in [6.45, 7) is 7.87. The average molecular weight is 280 g/mol. The average Bonchev–Trinajstić information content (AvgIpc) is 2.39. The maximum Gasteiger partial charge on any atom is 0.261 e. The molecule has 0 radical (unpaired) electrons. The summed E-state index contributed by atoms with van der Waals surface area (Å²) in [7, 11) is 0. The number of amides is 1. The Morgan fingerprint density at radius 3 is 2.40 bits per heavy atom. The summed E-state index contributed by atoms with van der Waals surface area (Å²) >= 11 is 0. The monoisotopic (exact) mass is 280 g/mol. The molecule has 1 amide bonds. The minimum Gasteiger partial charge on any atom is -0.396 e. The molecule has 3 N–H and O–H groups in total. The van der Waals surface area contributed by atoms with E-state index in [1.807, 2.05) is 13.8 Å². The predicted octanol–water partition coefficient (Wildman–Crippen LogP) is 1.52. The van der Waals surface area contributed by atoms with Crippen molar-refractivity contribution in [3.8, 4) is 0 Å². The van der Waals surface area contributed by atoms with Crippen molar-refractivity contribution in [1.29, 1.82) is 0 Å². The lowest BCUT2D eigenvalue weighted by Gasteiger charge is -2.29. The lowest BCUT2D eigenvalue weighted by atomic mass is 9.83. The van der Waals surface area contributed by atoms with Gasteiger partial charge >= 0.3 is 0 Å². The number of carbonyl (C=O) groups excluding carboxylic acids is 1.